The number of amides is 2. The fraction of sp³-hybridized carbons (Fsp3) is 0.700. The molecule has 0 aromatic heterocycles. The van der Waals surface area contributed by atoms with E-state index in [9.17, 15) is 19.4 Å². The van der Waals surface area contributed by atoms with Gasteiger partial charge in [0.05, 0.1) is 12.8 Å². The molecule has 1 aliphatic rings. The maximum absolute atomic E-state index is 11.7. The topological polar surface area (TPSA) is 144 Å². The zero-order valence-corrected chi connectivity index (χ0v) is 12.6. The Hall–Kier alpha value is -1.00. The van der Waals surface area contributed by atoms with E-state index in [4.69, 9.17) is 15.0 Å². The molecule has 0 aromatic carbocycles. The predicted molar refractivity (Wildman–Crippen MR) is 71.4 cm³/mol. The number of nitrogens with one attached hydrogen (secondary N) is 1. The molecule has 21 heavy (non-hydrogen) atoms. The van der Waals surface area contributed by atoms with Crippen molar-refractivity contribution in [3.8, 4) is 0 Å². The summed E-state index contributed by atoms with van der Waals surface area (Å²) in [7, 11) is -3.23. The largest absolute Gasteiger partial charge is 0.474 e. The van der Waals surface area contributed by atoms with E-state index in [2.05, 4.69) is 9.84 Å². The molecule has 2 unspecified atom stereocenters. The lowest BCUT2D eigenvalue weighted by molar-refractivity contribution is -0.171. The molecule has 4 atom stereocenters. The first-order chi connectivity index (χ1) is 9.82. The van der Waals surface area contributed by atoms with Crippen LogP contribution in [0.5, 0.6) is 0 Å². The van der Waals surface area contributed by atoms with E-state index in [1.165, 1.54) is 12.3 Å². The third-order valence-electron chi connectivity index (χ3n) is 2.57. The summed E-state index contributed by atoms with van der Waals surface area (Å²) in [5, 5.41) is 11.7. The highest BCUT2D eigenvalue weighted by molar-refractivity contribution is 7.47. The second-order valence-corrected chi connectivity index (χ2v) is 5.60. The van der Waals surface area contributed by atoms with Gasteiger partial charge in [-0.1, -0.05) is 6.92 Å². The molecule has 11 heteroatoms. The Labute approximate surface area is 122 Å². The van der Waals surface area contributed by atoms with Crippen molar-refractivity contribution in [2.45, 2.75) is 32.0 Å². The molecule has 0 saturated heterocycles. The number of carbonyl (C=O) groups excluding carboxylic acids is 1. The molecular weight excluding hydrogens is 305 g/mol. The van der Waals surface area contributed by atoms with Gasteiger partial charge in [-0.25, -0.2) is 9.36 Å². The fourth-order valence-corrected chi connectivity index (χ4v) is 2.09. The van der Waals surface area contributed by atoms with Crippen LogP contribution in [-0.4, -0.2) is 53.3 Å². The molecule has 0 aliphatic carbocycles. The molecule has 10 nitrogen and oxygen atoms in total. The van der Waals surface area contributed by atoms with Crippen LogP contribution >= 0.6 is 7.82 Å². The summed E-state index contributed by atoms with van der Waals surface area (Å²) in [6.45, 7) is 1.09. The number of carbonyl (C=O) groups is 1. The van der Waals surface area contributed by atoms with Gasteiger partial charge < -0.3 is 25.8 Å². The van der Waals surface area contributed by atoms with Crippen LogP contribution in [0.2, 0.25) is 0 Å². The summed E-state index contributed by atoms with van der Waals surface area (Å²) < 4.78 is 25.7. The summed E-state index contributed by atoms with van der Waals surface area (Å²) in [6, 6.07) is -0.571. The van der Waals surface area contributed by atoms with Gasteiger partial charge >= 0.3 is 13.9 Å². The van der Waals surface area contributed by atoms with Gasteiger partial charge in [0.1, 0.15) is 0 Å². The Morgan fingerprint density at radius 1 is 1.62 bits per heavy atom. The summed E-state index contributed by atoms with van der Waals surface area (Å²) >= 11 is 0. The molecule has 1 heterocycles. The number of ether oxygens (including phenoxy) is 1. The molecule has 0 fully saturated rings. The second-order valence-electron chi connectivity index (χ2n) is 4.09. The lowest BCUT2D eigenvalue weighted by atomic mass is 10.3. The maximum Gasteiger partial charge on any atom is 0.474 e. The van der Waals surface area contributed by atoms with Gasteiger partial charge in [0.25, 0.3) is 0 Å². The number of aliphatic hydroxyl groups excluding tert-OH is 1. The second kappa shape index (κ2) is 7.85. The zero-order valence-electron chi connectivity index (χ0n) is 11.7. The number of hydrogen-bond acceptors (Lipinski definition) is 7. The minimum absolute atomic E-state index is 0.198. The maximum atomic E-state index is 11.7. The Kier molecular flexibility index (Phi) is 6.75. The van der Waals surface area contributed by atoms with Crippen LogP contribution < -0.4 is 11.1 Å². The van der Waals surface area contributed by atoms with Gasteiger partial charge in [0, 0.05) is 13.3 Å². The van der Waals surface area contributed by atoms with E-state index >= 15 is 0 Å². The van der Waals surface area contributed by atoms with Crippen molar-refractivity contribution in [1.29, 1.82) is 0 Å². The summed E-state index contributed by atoms with van der Waals surface area (Å²) in [4.78, 5) is 22.1. The molecule has 0 bridgehead atoms. The Morgan fingerprint density at radius 2 is 2.29 bits per heavy atom. The van der Waals surface area contributed by atoms with Crippen LogP contribution in [0.1, 0.15) is 13.3 Å². The van der Waals surface area contributed by atoms with E-state index in [-0.39, 0.29) is 6.42 Å². The van der Waals surface area contributed by atoms with Crippen LogP contribution in [0.4, 0.5) is 4.79 Å². The smallest absolute Gasteiger partial charge is 0.392 e. The predicted octanol–water partition coefficient (Wildman–Crippen LogP) is -0.355. The van der Waals surface area contributed by atoms with Gasteiger partial charge in [-0.15, -0.1) is 0 Å². The van der Waals surface area contributed by atoms with Gasteiger partial charge in [-0.2, -0.15) is 0 Å². The van der Waals surface area contributed by atoms with Gasteiger partial charge in [-0.3, -0.25) is 13.9 Å². The quantitative estimate of drug-likeness (QED) is 0.350. The Balaban J connectivity index is 2.73. The van der Waals surface area contributed by atoms with Gasteiger partial charge in [-0.05, 0) is 12.5 Å². The van der Waals surface area contributed by atoms with Crippen LogP contribution in [0, 0.1) is 0 Å². The minimum Gasteiger partial charge on any atom is -0.392 e. The first-order valence-electron chi connectivity index (χ1n) is 6.19. The zero-order chi connectivity index (χ0) is 16.0. The molecule has 5 N–H and O–H groups in total. The highest BCUT2D eigenvalue weighted by Crippen LogP contribution is 2.44. The van der Waals surface area contributed by atoms with Crippen molar-refractivity contribution >= 4 is 13.9 Å². The van der Waals surface area contributed by atoms with Gasteiger partial charge in [0.15, 0.2) is 12.5 Å². The number of urea groups is 1. The van der Waals surface area contributed by atoms with Crippen molar-refractivity contribution in [2.75, 3.05) is 13.7 Å². The third-order valence-corrected chi connectivity index (χ3v) is 3.53. The van der Waals surface area contributed by atoms with Crippen molar-refractivity contribution in [3.05, 3.63) is 12.3 Å². The number of phosphoric ester groups is 1. The number of nitrogens with two attached hydrogens (primary N) is 1. The third kappa shape index (κ3) is 5.36. The monoisotopic (exact) mass is 325 g/mol. The van der Waals surface area contributed by atoms with E-state index < -0.39 is 39.1 Å². The summed E-state index contributed by atoms with van der Waals surface area (Å²) in [6.07, 6.45) is 0.166. The molecule has 0 aromatic rings. The number of hydrogen-bond donors (Lipinski definition) is 4. The molecule has 1 rings (SSSR count). The molecule has 1 aliphatic heterocycles. The van der Waals surface area contributed by atoms with Gasteiger partial charge in [0.2, 0.25) is 0 Å². The lowest BCUT2D eigenvalue weighted by Crippen LogP contribution is -2.54. The molecule has 0 spiro atoms. The van der Waals surface area contributed by atoms with E-state index in [1.54, 1.807) is 6.92 Å². The Morgan fingerprint density at radius 3 is 2.76 bits per heavy atom. The van der Waals surface area contributed by atoms with E-state index in [0.29, 0.717) is 0 Å². The van der Waals surface area contributed by atoms with Crippen LogP contribution in [-0.2, 0) is 18.3 Å². The molecule has 0 saturated carbocycles. The summed E-state index contributed by atoms with van der Waals surface area (Å²) in [5.41, 5.74) is 5.50. The average molecular weight is 325 g/mol. The summed E-state index contributed by atoms with van der Waals surface area (Å²) in [5.74, 6) is 0. The number of aliphatic hydroxyl groups is 1. The highest BCUT2D eigenvalue weighted by Gasteiger charge is 2.31. The standard InChI is InChI=1S/C10H20N3O7P/c1-3-9(20-21(16,17)18-2)19-8(6-14)13-5-4-7(11)12-10(13)15/h4-5,7-9,14H,3,6,11H2,1-2H3,(H,12,15)(H,16,17)/t7?,8-,9+/m1/s1. The van der Waals surface area contributed by atoms with Crippen LogP contribution in [0.25, 0.3) is 0 Å². The number of phosphoric acid groups is 1. The van der Waals surface area contributed by atoms with Crippen molar-refractivity contribution < 1.29 is 33.1 Å². The van der Waals surface area contributed by atoms with Crippen molar-refractivity contribution in [3.63, 3.8) is 0 Å². The normalized spacial score (nSPS) is 24.3. The van der Waals surface area contributed by atoms with Crippen molar-refractivity contribution in [2.24, 2.45) is 5.73 Å². The fourth-order valence-electron chi connectivity index (χ4n) is 1.50. The first kappa shape index (κ1) is 18.1. The lowest BCUT2D eigenvalue weighted by Gasteiger charge is -2.33. The number of rotatable bonds is 8. The van der Waals surface area contributed by atoms with Crippen molar-refractivity contribution in [1.82, 2.24) is 10.2 Å². The average Bonchev–Trinajstić information content (AvgIpc) is 2.44. The highest BCUT2D eigenvalue weighted by atomic mass is 31.2. The minimum atomic E-state index is -4.24. The van der Waals surface area contributed by atoms with E-state index in [1.807, 2.05) is 0 Å². The van der Waals surface area contributed by atoms with Crippen LogP contribution in [0.15, 0.2) is 12.3 Å². The molecular formula is C10H20N3O7P. The molecule has 122 valence electrons. The SMILES string of the molecule is CC[C@@H](O[C@H](CO)N1C=CC(N)NC1=O)OP(=O)(O)OC. The van der Waals surface area contributed by atoms with Crippen LogP contribution in [0.3, 0.4) is 0 Å². The Bertz CT molecular complexity index is 433. The number of nitrogens with zero attached hydrogens (tertiary/aromatic N) is 1. The first-order valence-corrected chi connectivity index (χ1v) is 7.68. The van der Waals surface area contributed by atoms with E-state index in [0.717, 1.165) is 12.0 Å². The molecule has 2 amide bonds. The molecule has 0 radical (unpaired) electrons.